The van der Waals surface area contributed by atoms with E-state index < -0.39 is 6.10 Å². The predicted molar refractivity (Wildman–Crippen MR) is 96.7 cm³/mol. The largest absolute Gasteiger partial charge is 0.480 e. The number of halogens is 2. The first-order chi connectivity index (χ1) is 11.5. The Balaban J connectivity index is 1.78. The Morgan fingerprint density at radius 1 is 1.46 bits per heavy atom. The van der Waals surface area contributed by atoms with E-state index in [1.165, 1.54) is 31.0 Å². The Morgan fingerprint density at radius 3 is 2.79 bits per heavy atom. The van der Waals surface area contributed by atoms with Crippen molar-refractivity contribution in [2.45, 2.75) is 51.7 Å². The summed E-state index contributed by atoms with van der Waals surface area (Å²) in [6, 6.07) is 4.37. The van der Waals surface area contributed by atoms with E-state index in [-0.39, 0.29) is 17.8 Å². The van der Waals surface area contributed by atoms with Crippen LogP contribution in [0, 0.1) is 5.82 Å². The molecule has 2 rings (SSSR count). The zero-order valence-electron chi connectivity index (χ0n) is 14.4. The molecule has 0 unspecified atom stereocenters. The van der Waals surface area contributed by atoms with Gasteiger partial charge in [-0.1, -0.05) is 13.3 Å². The number of hydrogen-bond acceptors (Lipinski definition) is 3. The van der Waals surface area contributed by atoms with E-state index in [4.69, 9.17) is 4.74 Å². The van der Waals surface area contributed by atoms with Gasteiger partial charge in [0.2, 0.25) is 0 Å². The molecule has 1 N–H and O–H groups in total. The van der Waals surface area contributed by atoms with Crippen molar-refractivity contribution in [3.05, 3.63) is 28.5 Å². The number of hydrogen-bond donors (Lipinski definition) is 1. The molecule has 0 bridgehead atoms. The number of nitrogens with zero attached hydrogens (tertiary/aromatic N) is 1. The molecule has 1 fully saturated rings. The Bertz CT molecular complexity index is 548. The lowest BCUT2D eigenvalue weighted by atomic mass is 10.0. The highest BCUT2D eigenvalue weighted by Crippen LogP contribution is 2.26. The van der Waals surface area contributed by atoms with Crippen molar-refractivity contribution in [3.63, 3.8) is 0 Å². The second-order valence-electron chi connectivity index (χ2n) is 6.31. The molecule has 0 aromatic heterocycles. The van der Waals surface area contributed by atoms with E-state index in [9.17, 15) is 9.18 Å². The minimum absolute atomic E-state index is 0.127. The highest BCUT2D eigenvalue weighted by molar-refractivity contribution is 9.10. The van der Waals surface area contributed by atoms with Gasteiger partial charge < -0.3 is 15.0 Å². The van der Waals surface area contributed by atoms with Crippen molar-refractivity contribution in [1.82, 2.24) is 10.2 Å². The molecule has 0 aliphatic carbocycles. The van der Waals surface area contributed by atoms with Crippen molar-refractivity contribution in [2.24, 2.45) is 0 Å². The van der Waals surface area contributed by atoms with Crippen molar-refractivity contribution in [1.29, 1.82) is 0 Å². The van der Waals surface area contributed by atoms with Gasteiger partial charge in [0, 0.05) is 19.1 Å². The maximum Gasteiger partial charge on any atom is 0.260 e. The molecular weight excluding hydrogens is 375 g/mol. The molecular formula is C18H26BrFN2O2. The zero-order valence-corrected chi connectivity index (χ0v) is 15.9. The second kappa shape index (κ2) is 9.37. The van der Waals surface area contributed by atoms with Gasteiger partial charge in [0.15, 0.2) is 6.10 Å². The van der Waals surface area contributed by atoms with Crippen molar-refractivity contribution in [3.8, 4) is 5.75 Å². The van der Waals surface area contributed by atoms with Crippen LogP contribution in [0.2, 0.25) is 0 Å². The van der Waals surface area contributed by atoms with E-state index in [0.29, 0.717) is 10.2 Å². The number of carbonyl (C=O) groups is 1. The number of ether oxygens (including phenoxy) is 1. The molecule has 0 radical (unpaired) electrons. The van der Waals surface area contributed by atoms with E-state index in [1.807, 2.05) is 0 Å². The third kappa shape index (κ3) is 5.74. The Labute approximate surface area is 151 Å². The Morgan fingerprint density at radius 2 is 2.17 bits per heavy atom. The van der Waals surface area contributed by atoms with Crippen LogP contribution in [0.15, 0.2) is 22.7 Å². The molecule has 1 saturated heterocycles. The molecule has 6 heteroatoms. The molecule has 24 heavy (non-hydrogen) atoms. The molecule has 0 spiro atoms. The summed E-state index contributed by atoms with van der Waals surface area (Å²) in [4.78, 5) is 14.8. The number of unbranched alkanes of at least 4 members (excludes halogenated alkanes) is 1. The summed E-state index contributed by atoms with van der Waals surface area (Å²) < 4.78 is 19.2. The summed E-state index contributed by atoms with van der Waals surface area (Å²) in [5, 5.41) is 3.07. The minimum Gasteiger partial charge on any atom is -0.480 e. The fraction of sp³-hybridized carbons (Fsp3) is 0.611. The summed E-state index contributed by atoms with van der Waals surface area (Å²) in [6.07, 6.45) is 3.77. The summed E-state index contributed by atoms with van der Waals surface area (Å²) >= 11 is 3.25. The lowest BCUT2D eigenvalue weighted by Crippen LogP contribution is -2.48. The molecule has 4 nitrogen and oxygen atoms in total. The summed E-state index contributed by atoms with van der Waals surface area (Å²) in [6.45, 7) is 7.12. The van der Waals surface area contributed by atoms with Gasteiger partial charge in [-0.2, -0.15) is 0 Å². The van der Waals surface area contributed by atoms with E-state index in [0.717, 1.165) is 32.5 Å². The number of rotatable bonds is 7. The van der Waals surface area contributed by atoms with E-state index >= 15 is 0 Å². The van der Waals surface area contributed by atoms with Gasteiger partial charge in [-0.25, -0.2) is 4.39 Å². The number of benzene rings is 1. The molecule has 1 atom stereocenters. The normalized spacial score (nSPS) is 17.5. The van der Waals surface area contributed by atoms with Gasteiger partial charge >= 0.3 is 0 Å². The monoisotopic (exact) mass is 400 g/mol. The van der Waals surface area contributed by atoms with Gasteiger partial charge in [-0.3, -0.25) is 4.79 Å². The van der Waals surface area contributed by atoms with Crippen LogP contribution >= 0.6 is 15.9 Å². The van der Waals surface area contributed by atoms with E-state index in [2.05, 4.69) is 33.1 Å². The summed E-state index contributed by atoms with van der Waals surface area (Å²) in [5.41, 5.74) is 0. The van der Waals surface area contributed by atoms with Crippen LogP contribution in [0.3, 0.4) is 0 Å². The standard InChI is InChI=1S/C18H26BrFN2O2/c1-3-4-9-22-10-7-15(8-11-22)21-18(23)13(2)24-17-6-5-14(20)12-16(17)19/h5-6,12-13,15H,3-4,7-11H2,1-2H3,(H,21,23)/t13-/m0/s1. The smallest absolute Gasteiger partial charge is 0.260 e. The SMILES string of the molecule is CCCCN1CCC(NC(=O)[C@H](C)Oc2ccc(F)cc2Br)CC1. The van der Waals surface area contributed by atoms with Crippen LogP contribution in [0.25, 0.3) is 0 Å². The van der Waals surface area contributed by atoms with Crippen molar-refractivity contribution < 1.29 is 13.9 Å². The fourth-order valence-corrected chi connectivity index (χ4v) is 3.26. The zero-order chi connectivity index (χ0) is 17.5. The van der Waals surface area contributed by atoms with E-state index in [1.54, 1.807) is 6.92 Å². The first-order valence-corrected chi connectivity index (χ1v) is 9.43. The Kier molecular flexibility index (Phi) is 7.49. The quantitative estimate of drug-likeness (QED) is 0.757. The van der Waals surface area contributed by atoms with Crippen molar-refractivity contribution >= 4 is 21.8 Å². The predicted octanol–water partition coefficient (Wildman–Crippen LogP) is 3.74. The highest BCUT2D eigenvalue weighted by atomic mass is 79.9. The maximum absolute atomic E-state index is 13.1. The molecule has 1 amide bonds. The van der Waals surface area contributed by atoms with Gasteiger partial charge in [0.1, 0.15) is 11.6 Å². The number of likely N-dealkylation sites (tertiary alicyclic amines) is 1. The number of amides is 1. The first-order valence-electron chi connectivity index (χ1n) is 8.64. The first kappa shape index (κ1) is 19.2. The molecule has 1 aromatic carbocycles. The molecule has 1 aliphatic heterocycles. The third-order valence-electron chi connectivity index (χ3n) is 4.33. The average Bonchev–Trinajstić information content (AvgIpc) is 2.56. The maximum atomic E-state index is 13.1. The molecule has 134 valence electrons. The van der Waals surface area contributed by atoms with Crippen LogP contribution in [0.1, 0.15) is 39.5 Å². The number of nitrogens with one attached hydrogen (secondary N) is 1. The number of carbonyl (C=O) groups excluding carboxylic acids is 1. The van der Waals surface area contributed by atoms with Crippen LogP contribution in [-0.2, 0) is 4.79 Å². The van der Waals surface area contributed by atoms with Crippen LogP contribution in [0.5, 0.6) is 5.75 Å². The van der Waals surface area contributed by atoms with Crippen LogP contribution < -0.4 is 10.1 Å². The van der Waals surface area contributed by atoms with Gasteiger partial charge in [-0.05, 0) is 66.9 Å². The third-order valence-corrected chi connectivity index (χ3v) is 4.95. The lowest BCUT2D eigenvalue weighted by molar-refractivity contribution is -0.128. The Hall–Kier alpha value is -1.14. The van der Waals surface area contributed by atoms with Gasteiger partial charge in [-0.15, -0.1) is 0 Å². The topological polar surface area (TPSA) is 41.6 Å². The van der Waals surface area contributed by atoms with Gasteiger partial charge in [0.05, 0.1) is 4.47 Å². The molecule has 1 aliphatic rings. The minimum atomic E-state index is -0.620. The molecule has 1 heterocycles. The highest BCUT2D eigenvalue weighted by Gasteiger charge is 2.23. The van der Waals surface area contributed by atoms with Crippen molar-refractivity contribution in [2.75, 3.05) is 19.6 Å². The second-order valence-corrected chi connectivity index (χ2v) is 7.17. The average molecular weight is 401 g/mol. The van der Waals surface area contributed by atoms with Crippen LogP contribution in [-0.4, -0.2) is 42.6 Å². The molecule has 1 aromatic rings. The van der Waals surface area contributed by atoms with Gasteiger partial charge in [0.25, 0.3) is 5.91 Å². The summed E-state index contributed by atoms with van der Waals surface area (Å²) in [5.74, 6) is -0.00664. The van der Waals surface area contributed by atoms with Crippen LogP contribution in [0.4, 0.5) is 4.39 Å². The number of piperidine rings is 1. The fourth-order valence-electron chi connectivity index (χ4n) is 2.82. The molecule has 0 saturated carbocycles. The summed E-state index contributed by atoms with van der Waals surface area (Å²) in [7, 11) is 0. The lowest BCUT2D eigenvalue weighted by Gasteiger charge is -2.32.